The van der Waals surface area contributed by atoms with Gasteiger partial charge >= 0.3 is 6.09 Å². The molecule has 4 rings (SSSR count). The molecule has 0 unspecified atom stereocenters. The highest BCUT2D eigenvalue weighted by molar-refractivity contribution is 5.91. The molecule has 55 heavy (non-hydrogen) atoms. The van der Waals surface area contributed by atoms with Crippen LogP contribution in [-0.2, 0) is 23.9 Å². The molecular formula is C33H52N9O13+. The molecule has 6 atom stereocenters. The number of nitro benzene ring substituents is 2. The standard InChI is InChI=1S/C33H51N9O13/c1-19(44)34-27-29(47)28(46)25(18-43)54-30(27)36-26(45)15-20(35-32(49)55-33(2,3)4)31(48)39-9-7-37(8-10-39)21-16-22(38-11-13-42(5,6)14-12-38)24(41(52)53)17-23(21)40(50)51/h16-17,20,25,27-30,43,46-47H,7-15,18H2,1-6H3,(H2-,34,35,36,44,45,49)/p+1/t20-,25+,27+,28+,29+,30+/m0/s1. The maximum Gasteiger partial charge on any atom is 0.408 e. The quantitative estimate of drug-likeness (QED) is 0.0837. The van der Waals surface area contributed by atoms with Crippen LogP contribution in [0, 0.1) is 20.2 Å². The van der Waals surface area contributed by atoms with E-state index >= 15 is 0 Å². The number of amides is 4. The lowest BCUT2D eigenvalue weighted by Crippen LogP contribution is -2.68. The van der Waals surface area contributed by atoms with Crippen LogP contribution in [0.1, 0.15) is 34.1 Å². The van der Waals surface area contributed by atoms with E-state index in [1.807, 2.05) is 19.0 Å². The van der Waals surface area contributed by atoms with Gasteiger partial charge in [-0.05, 0) is 26.8 Å². The Kier molecular flexibility index (Phi) is 13.5. The van der Waals surface area contributed by atoms with Crippen LogP contribution in [0.15, 0.2) is 12.1 Å². The lowest BCUT2D eigenvalue weighted by atomic mass is 9.95. The van der Waals surface area contributed by atoms with Crippen molar-refractivity contribution in [2.24, 2.45) is 0 Å². The van der Waals surface area contributed by atoms with Crippen LogP contribution < -0.4 is 25.8 Å². The third kappa shape index (κ3) is 10.9. The molecule has 1 aromatic rings. The first-order valence-electron chi connectivity index (χ1n) is 17.9. The van der Waals surface area contributed by atoms with Crippen molar-refractivity contribution in [3.8, 4) is 0 Å². The number of benzene rings is 1. The van der Waals surface area contributed by atoms with Crippen LogP contribution in [0.2, 0.25) is 0 Å². The number of aliphatic hydroxyl groups is 3. The number of hydrogen-bond acceptors (Lipinski definition) is 15. The molecule has 0 bridgehead atoms. The van der Waals surface area contributed by atoms with Crippen LogP contribution in [0.4, 0.5) is 27.5 Å². The molecule has 0 saturated carbocycles. The van der Waals surface area contributed by atoms with Gasteiger partial charge in [-0.2, -0.15) is 0 Å². The first-order chi connectivity index (χ1) is 25.6. The Morgan fingerprint density at radius 3 is 1.96 bits per heavy atom. The normalized spacial score (nSPS) is 24.7. The molecule has 0 aliphatic carbocycles. The van der Waals surface area contributed by atoms with Crippen molar-refractivity contribution in [2.75, 3.05) is 82.9 Å². The second kappa shape index (κ2) is 17.3. The van der Waals surface area contributed by atoms with Crippen molar-refractivity contribution in [1.29, 1.82) is 0 Å². The summed E-state index contributed by atoms with van der Waals surface area (Å²) in [5.41, 5.74) is -1.41. The number of nitro groups is 2. The van der Waals surface area contributed by atoms with Gasteiger partial charge in [0.15, 0.2) is 6.23 Å². The summed E-state index contributed by atoms with van der Waals surface area (Å²) in [7, 11) is 4.10. The van der Waals surface area contributed by atoms with Crippen molar-refractivity contribution in [3.05, 3.63) is 32.4 Å². The van der Waals surface area contributed by atoms with Gasteiger partial charge in [0, 0.05) is 33.1 Å². The minimum absolute atomic E-state index is 0.00951. The number of alkyl carbamates (subject to hydrolysis) is 1. The van der Waals surface area contributed by atoms with E-state index in [-0.39, 0.29) is 43.2 Å². The predicted octanol–water partition coefficient (Wildman–Crippen LogP) is -1.61. The van der Waals surface area contributed by atoms with Crippen LogP contribution in [0.25, 0.3) is 0 Å². The number of nitrogens with zero attached hydrogens (tertiary/aromatic N) is 6. The molecule has 0 radical (unpaired) electrons. The Bertz CT molecular complexity index is 1620. The van der Waals surface area contributed by atoms with E-state index in [0.29, 0.717) is 26.2 Å². The van der Waals surface area contributed by atoms with Crippen LogP contribution >= 0.6 is 0 Å². The monoisotopic (exact) mass is 782 g/mol. The summed E-state index contributed by atoms with van der Waals surface area (Å²) in [5.74, 6) is -2.19. The maximum absolute atomic E-state index is 14.0. The van der Waals surface area contributed by atoms with E-state index in [4.69, 9.17) is 9.47 Å². The number of rotatable bonds is 11. The summed E-state index contributed by atoms with van der Waals surface area (Å²) < 4.78 is 11.6. The predicted molar refractivity (Wildman–Crippen MR) is 194 cm³/mol. The van der Waals surface area contributed by atoms with Crippen LogP contribution in [0.5, 0.6) is 0 Å². The van der Waals surface area contributed by atoms with Gasteiger partial charge < -0.3 is 59.9 Å². The number of anilines is 2. The average molecular weight is 783 g/mol. The smallest absolute Gasteiger partial charge is 0.408 e. The Balaban J connectivity index is 1.54. The molecule has 3 aliphatic rings. The highest BCUT2D eigenvalue weighted by Gasteiger charge is 2.46. The van der Waals surface area contributed by atoms with E-state index in [2.05, 4.69) is 16.0 Å². The number of hydrogen-bond donors (Lipinski definition) is 6. The maximum atomic E-state index is 14.0. The Morgan fingerprint density at radius 1 is 0.927 bits per heavy atom. The molecule has 22 heteroatoms. The molecule has 0 spiro atoms. The zero-order valence-electron chi connectivity index (χ0n) is 31.8. The summed E-state index contributed by atoms with van der Waals surface area (Å²) in [6.45, 7) is 7.73. The Morgan fingerprint density at radius 2 is 1.47 bits per heavy atom. The van der Waals surface area contributed by atoms with Crippen molar-refractivity contribution in [3.63, 3.8) is 0 Å². The summed E-state index contributed by atoms with van der Waals surface area (Å²) in [4.78, 5) is 79.8. The molecule has 22 nitrogen and oxygen atoms in total. The number of ether oxygens (including phenoxy) is 2. The van der Waals surface area contributed by atoms with E-state index in [9.17, 15) is 54.7 Å². The Hall–Kier alpha value is -4.90. The number of carbonyl (C=O) groups is 4. The van der Waals surface area contributed by atoms with Gasteiger partial charge in [-0.1, -0.05) is 0 Å². The zero-order chi connectivity index (χ0) is 41.0. The van der Waals surface area contributed by atoms with E-state index in [1.54, 1.807) is 25.7 Å². The fraction of sp³-hybridized carbons (Fsp3) is 0.697. The highest BCUT2D eigenvalue weighted by atomic mass is 16.6. The summed E-state index contributed by atoms with van der Waals surface area (Å²) in [6, 6.07) is -0.430. The molecule has 3 heterocycles. The first kappa shape index (κ1) is 42.8. The van der Waals surface area contributed by atoms with Gasteiger partial charge in [0.1, 0.15) is 47.4 Å². The van der Waals surface area contributed by atoms with Crippen molar-refractivity contribution >= 4 is 46.6 Å². The topological polar surface area (TPSA) is 280 Å². The number of likely N-dealkylation sites (N-methyl/N-ethyl adjacent to an activating group) is 1. The third-order valence-corrected chi connectivity index (χ3v) is 9.67. The van der Waals surface area contributed by atoms with Gasteiger partial charge in [-0.15, -0.1) is 0 Å². The van der Waals surface area contributed by atoms with Gasteiger partial charge in [0.05, 0.1) is 69.2 Å². The fourth-order valence-corrected chi connectivity index (χ4v) is 6.68. The fourth-order valence-electron chi connectivity index (χ4n) is 6.68. The van der Waals surface area contributed by atoms with Crippen LogP contribution in [-0.4, -0.2) is 174 Å². The molecule has 306 valence electrons. The Labute approximate surface area is 317 Å². The van der Waals surface area contributed by atoms with Gasteiger partial charge in [-0.25, -0.2) is 4.79 Å². The number of carbonyl (C=O) groups excluding carboxylic acids is 4. The average Bonchev–Trinajstić information content (AvgIpc) is 3.09. The van der Waals surface area contributed by atoms with Crippen molar-refractivity contribution in [2.45, 2.75) is 76.3 Å². The largest absolute Gasteiger partial charge is 0.444 e. The molecule has 1 aromatic carbocycles. The number of quaternary nitrogens is 1. The van der Waals surface area contributed by atoms with Crippen LogP contribution in [0.3, 0.4) is 0 Å². The van der Waals surface area contributed by atoms with E-state index in [0.717, 1.165) is 17.5 Å². The number of piperazine rings is 2. The minimum Gasteiger partial charge on any atom is -0.444 e. The van der Waals surface area contributed by atoms with Gasteiger partial charge in [-0.3, -0.25) is 34.6 Å². The van der Waals surface area contributed by atoms with Gasteiger partial charge in [0.25, 0.3) is 11.4 Å². The SMILES string of the molecule is CC(=O)N[C@@H]1[C@@H](O)[C@H](O)[C@@H](CO)O[C@H]1NC(=O)C[C@H](NC(=O)OC(C)(C)C)C(=O)N1CCN(c2cc(N3CC[N+](C)(C)CC3)c([N+](=O)[O-])cc2[N+](=O)[O-])CC1. The van der Waals surface area contributed by atoms with Crippen molar-refractivity contribution in [1.82, 2.24) is 20.9 Å². The zero-order valence-corrected chi connectivity index (χ0v) is 31.8. The molecular weight excluding hydrogens is 730 g/mol. The highest BCUT2D eigenvalue weighted by Crippen LogP contribution is 2.41. The molecule has 0 aromatic heterocycles. The van der Waals surface area contributed by atoms with Gasteiger partial charge in [0.2, 0.25) is 17.7 Å². The lowest BCUT2D eigenvalue weighted by molar-refractivity contribution is -0.890. The molecule has 4 amide bonds. The summed E-state index contributed by atoms with van der Waals surface area (Å²) >= 11 is 0. The minimum atomic E-state index is -1.65. The second-order valence-corrected chi connectivity index (χ2v) is 15.5. The molecule has 3 aliphatic heterocycles. The lowest BCUT2D eigenvalue weighted by Gasteiger charge is -2.42. The molecule has 3 fully saturated rings. The number of aliphatic hydroxyl groups excluding tert-OH is 3. The second-order valence-electron chi connectivity index (χ2n) is 15.5. The van der Waals surface area contributed by atoms with E-state index < -0.39 is 94.6 Å². The third-order valence-electron chi connectivity index (χ3n) is 9.67. The molecule has 6 N–H and O–H groups in total. The number of nitrogens with one attached hydrogen (secondary N) is 3. The van der Waals surface area contributed by atoms with E-state index in [1.165, 1.54) is 11.0 Å². The summed E-state index contributed by atoms with van der Waals surface area (Å²) in [6.07, 6.45) is -7.71. The first-order valence-corrected chi connectivity index (χ1v) is 17.9. The van der Waals surface area contributed by atoms with Crippen molar-refractivity contribution < 1.29 is 58.3 Å². The molecule has 3 saturated heterocycles. The summed E-state index contributed by atoms with van der Waals surface area (Å²) in [5, 5.41) is 62.1.